The molecule has 0 saturated carbocycles. The van der Waals surface area contributed by atoms with Crippen LogP contribution in [0.3, 0.4) is 0 Å². The lowest BCUT2D eigenvalue weighted by Crippen LogP contribution is -2.25. The van der Waals surface area contributed by atoms with E-state index in [1.54, 1.807) is 18.2 Å². The number of carbonyl (C=O) groups is 1. The third-order valence-electron chi connectivity index (χ3n) is 3.69. The SMILES string of the molecule is CNC(=O)COc1ccc(S(=O)(=O)NCc2ccc3c(c2)OCO3)cc1. The van der Waals surface area contributed by atoms with Crippen LogP contribution >= 0.6 is 0 Å². The summed E-state index contributed by atoms with van der Waals surface area (Å²) in [4.78, 5) is 11.2. The van der Waals surface area contributed by atoms with Crippen LogP contribution in [0.15, 0.2) is 47.4 Å². The maximum Gasteiger partial charge on any atom is 0.257 e. The summed E-state index contributed by atoms with van der Waals surface area (Å²) in [5.74, 6) is 1.37. The van der Waals surface area contributed by atoms with Gasteiger partial charge in [-0.2, -0.15) is 0 Å². The highest BCUT2D eigenvalue weighted by molar-refractivity contribution is 7.89. The second-order valence-corrected chi connectivity index (χ2v) is 7.21. The molecule has 2 aromatic carbocycles. The molecule has 138 valence electrons. The van der Waals surface area contributed by atoms with Gasteiger partial charge < -0.3 is 19.5 Å². The minimum absolute atomic E-state index is 0.102. The van der Waals surface area contributed by atoms with Gasteiger partial charge in [0.05, 0.1) is 4.90 Å². The van der Waals surface area contributed by atoms with E-state index in [0.717, 1.165) is 5.56 Å². The highest BCUT2D eigenvalue weighted by Gasteiger charge is 2.16. The number of ether oxygens (including phenoxy) is 3. The largest absolute Gasteiger partial charge is 0.484 e. The Balaban J connectivity index is 1.61. The zero-order chi connectivity index (χ0) is 18.6. The summed E-state index contributed by atoms with van der Waals surface area (Å²) in [5, 5.41) is 2.43. The number of sulfonamides is 1. The van der Waals surface area contributed by atoms with Crippen molar-refractivity contribution in [1.82, 2.24) is 10.0 Å². The Hall–Kier alpha value is -2.78. The third-order valence-corrected chi connectivity index (χ3v) is 5.10. The van der Waals surface area contributed by atoms with Crippen LogP contribution in [-0.2, 0) is 21.4 Å². The maximum atomic E-state index is 12.4. The average molecular weight is 378 g/mol. The van der Waals surface area contributed by atoms with Crippen LogP contribution in [0.5, 0.6) is 17.2 Å². The molecule has 0 unspecified atom stereocenters. The van der Waals surface area contributed by atoms with Crippen molar-refractivity contribution < 1.29 is 27.4 Å². The molecule has 0 bridgehead atoms. The Kier molecular flexibility index (Phi) is 5.29. The second kappa shape index (κ2) is 7.63. The van der Waals surface area contributed by atoms with Gasteiger partial charge in [0.25, 0.3) is 5.91 Å². The monoisotopic (exact) mass is 378 g/mol. The summed E-state index contributed by atoms with van der Waals surface area (Å²) in [6.45, 7) is 0.151. The predicted molar refractivity (Wildman–Crippen MR) is 92.6 cm³/mol. The van der Waals surface area contributed by atoms with E-state index in [1.165, 1.54) is 31.3 Å². The molecule has 1 aliphatic heterocycles. The maximum absolute atomic E-state index is 12.4. The number of fused-ring (bicyclic) bond motifs is 1. The fourth-order valence-corrected chi connectivity index (χ4v) is 3.27. The van der Waals surface area contributed by atoms with Gasteiger partial charge in [0, 0.05) is 13.6 Å². The van der Waals surface area contributed by atoms with Gasteiger partial charge in [0.15, 0.2) is 18.1 Å². The number of carbonyl (C=O) groups excluding carboxylic acids is 1. The van der Waals surface area contributed by atoms with Crippen molar-refractivity contribution in [2.24, 2.45) is 0 Å². The van der Waals surface area contributed by atoms with Crippen LogP contribution in [0, 0.1) is 0 Å². The van der Waals surface area contributed by atoms with Crippen molar-refractivity contribution in [3.8, 4) is 17.2 Å². The summed E-state index contributed by atoms with van der Waals surface area (Å²) in [6, 6.07) is 11.1. The number of likely N-dealkylation sites (N-methyl/N-ethyl adjacent to an activating group) is 1. The van der Waals surface area contributed by atoms with E-state index < -0.39 is 10.0 Å². The molecule has 0 aromatic heterocycles. The first kappa shape index (κ1) is 18.0. The van der Waals surface area contributed by atoms with Crippen molar-refractivity contribution in [2.45, 2.75) is 11.4 Å². The number of nitrogens with one attached hydrogen (secondary N) is 2. The van der Waals surface area contributed by atoms with E-state index in [0.29, 0.717) is 17.2 Å². The average Bonchev–Trinajstić information content (AvgIpc) is 3.12. The number of benzene rings is 2. The van der Waals surface area contributed by atoms with Gasteiger partial charge in [0.2, 0.25) is 16.8 Å². The topological polar surface area (TPSA) is 103 Å². The van der Waals surface area contributed by atoms with Gasteiger partial charge >= 0.3 is 0 Å². The quantitative estimate of drug-likeness (QED) is 0.746. The van der Waals surface area contributed by atoms with Crippen molar-refractivity contribution in [2.75, 3.05) is 20.4 Å². The summed E-state index contributed by atoms with van der Waals surface area (Å²) >= 11 is 0. The van der Waals surface area contributed by atoms with Crippen molar-refractivity contribution >= 4 is 15.9 Å². The van der Waals surface area contributed by atoms with Crippen molar-refractivity contribution in [1.29, 1.82) is 0 Å². The van der Waals surface area contributed by atoms with Gasteiger partial charge in [-0.1, -0.05) is 6.07 Å². The molecular formula is C17H18N2O6S. The van der Waals surface area contributed by atoms with Crippen molar-refractivity contribution in [3.63, 3.8) is 0 Å². The minimum Gasteiger partial charge on any atom is -0.484 e. The highest BCUT2D eigenvalue weighted by Crippen LogP contribution is 2.32. The number of rotatable bonds is 7. The van der Waals surface area contributed by atoms with Crippen LogP contribution < -0.4 is 24.2 Å². The molecule has 0 spiro atoms. The van der Waals surface area contributed by atoms with Crippen LogP contribution in [0.4, 0.5) is 0 Å². The molecule has 0 aliphatic carbocycles. The van der Waals surface area contributed by atoms with E-state index in [9.17, 15) is 13.2 Å². The van der Waals surface area contributed by atoms with Crippen LogP contribution in [0.1, 0.15) is 5.56 Å². The van der Waals surface area contributed by atoms with E-state index in [1.807, 2.05) is 0 Å². The Morgan fingerprint density at radius 3 is 2.58 bits per heavy atom. The summed E-state index contributed by atoms with van der Waals surface area (Å²) < 4.78 is 43.1. The molecule has 1 aliphatic rings. The molecule has 26 heavy (non-hydrogen) atoms. The zero-order valence-corrected chi connectivity index (χ0v) is 14.8. The first-order chi connectivity index (χ1) is 12.5. The summed E-state index contributed by atoms with van der Waals surface area (Å²) in [5.41, 5.74) is 0.753. The fraction of sp³-hybridized carbons (Fsp3) is 0.235. The molecule has 0 fully saturated rings. The lowest BCUT2D eigenvalue weighted by molar-refractivity contribution is -0.122. The molecule has 0 atom stereocenters. The van der Waals surface area contributed by atoms with E-state index in [-0.39, 0.29) is 30.7 Å². The Bertz CT molecular complexity index is 896. The molecule has 2 aromatic rings. The number of hydrogen-bond donors (Lipinski definition) is 2. The molecule has 0 saturated heterocycles. The van der Waals surface area contributed by atoms with Gasteiger partial charge in [-0.15, -0.1) is 0 Å². The smallest absolute Gasteiger partial charge is 0.257 e. The zero-order valence-electron chi connectivity index (χ0n) is 14.0. The molecule has 8 nitrogen and oxygen atoms in total. The standard InChI is InChI=1S/C17H18N2O6S/c1-18-17(20)10-23-13-3-5-14(6-4-13)26(21,22)19-9-12-2-7-15-16(8-12)25-11-24-15/h2-8,19H,9-11H2,1H3,(H,18,20). The minimum atomic E-state index is -3.68. The van der Waals surface area contributed by atoms with Gasteiger partial charge in [-0.05, 0) is 42.0 Å². The Labute approximate surface area is 151 Å². The predicted octanol–water partition coefficient (Wildman–Crippen LogP) is 1.02. The fourth-order valence-electron chi connectivity index (χ4n) is 2.25. The van der Waals surface area contributed by atoms with Crippen LogP contribution in [0.25, 0.3) is 0 Å². The first-order valence-corrected chi connectivity index (χ1v) is 9.28. The molecular weight excluding hydrogens is 360 g/mol. The lowest BCUT2D eigenvalue weighted by atomic mass is 10.2. The second-order valence-electron chi connectivity index (χ2n) is 5.45. The van der Waals surface area contributed by atoms with Gasteiger partial charge in [-0.3, -0.25) is 4.79 Å². The highest BCUT2D eigenvalue weighted by atomic mass is 32.2. The molecule has 2 N–H and O–H groups in total. The van der Waals surface area contributed by atoms with E-state index >= 15 is 0 Å². The molecule has 1 heterocycles. The lowest BCUT2D eigenvalue weighted by Gasteiger charge is -2.09. The van der Waals surface area contributed by atoms with E-state index in [4.69, 9.17) is 14.2 Å². The number of hydrogen-bond acceptors (Lipinski definition) is 6. The molecule has 1 amide bonds. The normalized spacial score (nSPS) is 12.7. The molecule has 0 radical (unpaired) electrons. The summed E-state index contributed by atoms with van der Waals surface area (Å²) in [7, 11) is -2.18. The van der Waals surface area contributed by atoms with Gasteiger partial charge in [-0.25, -0.2) is 13.1 Å². The summed E-state index contributed by atoms with van der Waals surface area (Å²) in [6.07, 6.45) is 0. The van der Waals surface area contributed by atoms with Crippen LogP contribution in [0.2, 0.25) is 0 Å². The Morgan fingerprint density at radius 1 is 1.12 bits per heavy atom. The molecule has 3 rings (SSSR count). The molecule has 9 heteroatoms. The van der Waals surface area contributed by atoms with Gasteiger partial charge in [0.1, 0.15) is 5.75 Å². The Morgan fingerprint density at radius 2 is 1.85 bits per heavy atom. The third kappa shape index (κ3) is 4.24. The number of amides is 1. The van der Waals surface area contributed by atoms with Crippen molar-refractivity contribution in [3.05, 3.63) is 48.0 Å². The van der Waals surface area contributed by atoms with E-state index in [2.05, 4.69) is 10.0 Å². The first-order valence-electron chi connectivity index (χ1n) is 7.79. The van der Waals surface area contributed by atoms with Crippen LogP contribution in [-0.4, -0.2) is 34.8 Å².